The van der Waals surface area contributed by atoms with Gasteiger partial charge in [-0.3, -0.25) is 9.69 Å². The monoisotopic (exact) mass is 470 g/mol. The minimum Gasteiger partial charge on any atom is -0.335 e. The smallest absolute Gasteiger partial charge is 0.272 e. The molecule has 3 aromatic carbocycles. The first-order chi connectivity index (χ1) is 16.6. The number of amides is 1. The summed E-state index contributed by atoms with van der Waals surface area (Å²) in [6.07, 6.45) is 0. The van der Waals surface area contributed by atoms with Gasteiger partial charge in [-0.1, -0.05) is 77.8 Å². The Morgan fingerprint density at radius 1 is 0.882 bits per heavy atom. The average Bonchev–Trinajstić information content (AvgIpc) is 3.31. The number of halogens is 1. The van der Waals surface area contributed by atoms with E-state index in [2.05, 4.69) is 29.2 Å². The summed E-state index contributed by atoms with van der Waals surface area (Å²) in [5.74, 6) is -0.00857. The first-order valence-electron chi connectivity index (χ1n) is 11.6. The number of carbonyl (C=O) groups excluding carboxylic acids is 1. The molecule has 0 unspecified atom stereocenters. The highest BCUT2D eigenvalue weighted by Gasteiger charge is 2.26. The second kappa shape index (κ2) is 9.84. The summed E-state index contributed by atoms with van der Waals surface area (Å²) in [6, 6.07) is 28.0. The van der Waals surface area contributed by atoms with Gasteiger partial charge in [-0.25, -0.2) is 4.68 Å². The largest absolute Gasteiger partial charge is 0.335 e. The van der Waals surface area contributed by atoms with E-state index in [-0.39, 0.29) is 5.91 Å². The number of piperazine rings is 1. The van der Waals surface area contributed by atoms with Crippen molar-refractivity contribution in [3.8, 4) is 16.9 Å². The van der Waals surface area contributed by atoms with Gasteiger partial charge in [0.2, 0.25) is 0 Å². The minimum absolute atomic E-state index is 0.00857. The molecule has 1 aliphatic heterocycles. The van der Waals surface area contributed by atoms with Crippen LogP contribution in [-0.2, 0) is 6.54 Å². The molecule has 0 spiro atoms. The maximum absolute atomic E-state index is 13.7. The maximum atomic E-state index is 13.7. The summed E-state index contributed by atoms with van der Waals surface area (Å²) < 4.78 is 1.75. The fourth-order valence-electron chi connectivity index (χ4n) is 4.33. The highest BCUT2D eigenvalue weighted by Crippen LogP contribution is 2.29. The van der Waals surface area contributed by atoms with Crippen LogP contribution in [0.3, 0.4) is 0 Å². The van der Waals surface area contributed by atoms with Crippen molar-refractivity contribution in [2.75, 3.05) is 26.2 Å². The Balaban J connectivity index is 1.40. The number of aryl methyl sites for hydroxylation is 1. The molecule has 1 aromatic heterocycles. The Bertz CT molecular complexity index is 1280. The van der Waals surface area contributed by atoms with Crippen LogP contribution in [0.4, 0.5) is 0 Å². The van der Waals surface area contributed by atoms with E-state index in [1.165, 1.54) is 5.56 Å². The fraction of sp³-hybridized carbons (Fsp3) is 0.214. The van der Waals surface area contributed by atoms with Crippen molar-refractivity contribution in [2.24, 2.45) is 0 Å². The summed E-state index contributed by atoms with van der Waals surface area (Å²) in [7, 11) is 0. The Labute approximate surface area is 205 Å². The standard InChI is InChI=1S/C28H27ClN4O/c1-21-11-13-23(14-12-21)33-27(19-26(30-33)24-9-5-6-10-25(24)29)28(34)32-17-15-31(16-18-32)20-22-7-3-2-4-8-22/h2-14,19H,15-18,20H2,1H3. The topological polar surface area (TPSA) is 41.4 Å². The summed E-state index contributed by atoms with van der Waals surface area (Å²) in [6.45, 7) is 6.01. The van der Waals surface area contributed by atoms with E-state index in [9.17, 15) is 4.79 Å². The SMILES string of the molecule is Cc1ccc(-n2nc(-c3ccccc3Cl)cc2C(=O)N2CCN(Cc3ccccc3)CC2)cc1. The molecule has 34 heavy (non-hydrogen) atoms. The average molecular weight is 471 g/mol. The molecule has 0 radical (unpaired) electrons. The van der Waals surface area contributed by atoms with Crippen molar-refractivity contribution in [2.45, 2.75) is 13.5 Å². The zero-order valence-corrected chi connectivity index (χ0v) is 19.9. The van der Waals surface area contributed by atoms with Crippen molar-refractivity contribution in [1.82, 2.24) is 19.6 Å². The molecule has 0 atom stereocenters. The van der Waals surface area contributed by atoms with E-state index in [0.717, 1.165) is 36.4 Å². The third-order valence-electron chi connectivity index (χ3n) is 6.27. The molecule has 0 aliphatic carbocycles. The molecule has 1 amide bonds. The predicted molar refractivity (Wildman–Crippen MR) is 136 cm³/mol. The van der Waals surface area contributed by atoms with E-state index < -0.39 is 0 Å². The van der Waals surface area contributed by atoms with Crippen LogP contribution in [0, 0.1) is 6.92 Å². The lowest BCUT2D eigenvalue weighted by Gasteiger charge is -2.34. The molecule has 172 valence electrons. The molecular weight excluding hydrogens is 444 g/mol. The number of nitrogens with zero attached hydrogens (tertiary/aromatic N) is 4. The van der Waals surface area contributed by atoms with Gasteiger partial charge in [0.15, 0.2) is 0 Å². The van der Waals surface area contributed by atoms with Crippen LogP contribution in [-0.4, -0.2) is 51.7 Å². The first kappa shape index (κ1) is 22.4. The van der Waals surface area contributed by atoms with Gasteiger partial charge in [0.05, 0.1) is 16.4 Å². The van der Waals surface area contributed by atoms with Gasteiger partial charge in [0, 0.05) is 38.3 Å². The summed E-state index contributed by atoms with van der Waals surface area (Å²) in [5, 5.41) is 5.42. The molecule has 0 bridgehead atoms. The molecule has 1 fully saturated rings. The van der Waals surface area contributed by atoms with Gasteiger partial charge in [-0.2, -0.15) is 5.10 Å². The predicted octanol–water partition coefficient (Wildman–Crippen LogP) is 5.46. The highest BCUT2D eigenvalue weighted by atomic mass is 35.5. The molecule has 0 saturated carbocycles. The van der Waals surface area contributed by atoms with Crippen LogP contribution in [0.1, 0.15) is 21.6 Å². The molecule has 5 nitrogen and oxygen atoms in total. The quantitative estimate of drug-likeness (QED) is 0.389. The van der Waals surface area contributed by atoms with Gasteiger partial charge >= 0.3 is 0 Å². The number of benzene rings is 3. The molecule has 6 heteroatoms. The van der Waals surface area contributed by atoms with Gasteiger partial charge in [0.25, 0.3) is 5.91 Å². The molecular formula is C28H27ClN4O. The number of aromatic nitrogens is 2. The summed E-state index contributed by atoms with van der Waals surface area (Å²) in [5.41, 5.74) is 5.37. The third kappa shape index (κ3) is 4.76. The van der Waals surface area contributed by atoms with Crippen LogP contribution in [0.25, 0.3) is 16.9 Å². The van der Waals surface area contributed by atoms with E-state index in [0.29, 0.717) is 29.5 Å². The molecule has 5 rings (SSSR count). The van der Waals surface area contributed by atoms with Gasteiger partial charge in [0.1, 0.15) is 5.69 Å². The van der Waals surface area contributed by atoms with Gasteiger partial charge < -0.3 is 4.90 Å². The molecule has 4 aromatic rings. The van der Waals surface area contributed by atoms with Gasteiger partial charge in [-0.05, 0) is 36.8 Å². The van der Waals surface area contributed by atoms with Crippen LogP contribution in [0.15, 0.2) is 84.9 Å². The Morgan fingerprint density at radius 2 is 1.56 bits per heavy atom. The van der Waals surface area contributed by atoms with Gasteiger partial charge in [-0.15, -0.1) is 0 Å². The summed E-state index contributed by atoms with van der Waals surface area (Å²) in [4.78, 5) is 18.0. The Morgan fingerprint density at radius 3 is 2.26 bits per heavy atom. The normalized spacial score (nSPS) is 14.4. The Hall–Kier alpha value is -3.41. The lowest BCUT2D eigenvalue weighted by molar-refractivity contribution is 0.0619. The number of hydrogen-bond acceptors (Lipinski definition) is 3. The lowest BCUT2D eigenvalue weighted by Crippen LogP contribution is -2.48. The zero-order chi connectivity index (χ0) is 23.5. The molecule has 0 N–H and O–H groups in total. The molecule has 1 saturated heterocycles. The van der Waals surface area contributed by atoms with E-state index in [4.69, 9.17) is 16.7 Å². The number of rotatable bonds is 5. The van der Waals surface area contributed by atoms with Crippen molar-refractivity contribution in [3.05, 3.63) is 107 Å². The maximum Gasteiger partial charge on any atom is 0.272 e. The van der Waals surface area contributed by atoms with E-state index in [1.54, 1.807) is 4.68 Å². The van der Waals surface area contributed by atoms with Crippen molar-refractivity contribution in [1.29, 1.82) is 0 Å². The number of carbonyl (C=O) groups is 1. The van der Waals surface area contributed by atoms with Crippen molar-refractivity contribution in [3.63, 3.8) is 0 Å². The summed E-state index contributed by atoms with van der Waals surface area (Å²) >= 11 is 6.45. The third-order valence-corrected chi connectivity index (χ3v) is 6.59. The van der Waals surface area contributed by atoms with Crippen molar-refractivity contribution < 1.29 is 4.79 Å². The molecule has 1 aliphatic rings. The van der Waals surface area contributed by atoms with Crippen LogP contribution >= 0.6 is 11.6 Å². The zero-order valence-electron chi connectivity index (χ0n) is 19.2. The first-order valence-corrected chi connectivity index (χ1v) is 11.9. The van der Waals surface area contributed by atoms with Crippen LogP contribution in [0.2, 0.25) is 5.02 Å². The van der Waals surface area contributed by atoms with E-state index >= 15 is 0 Å². The fourth-order valence-corrected chi connectivity index (χ4v) is 4.56. The lowest BCUT2D eigenvalue weighted by atomic mass is 10.1. The second-order valence-electron chi connectivity index (χ2n) is 8.70. The van der Waals surface area contributed by atoms with E-state index in [1.807, 2.05) is 72.5 Å². The number of hydrogen-bond donors (Lipinski definition) is 0. The second-order valence-corrected chi connectivity index (χ2v) is 9.10. The van der Waals surface area contributed by atoms with Crippen LogP contribution < -0.4 is 0 Å². The minimum atomic E-state index is -0.00857. The highest BCUT2D eigenvalue weighted by molar-refractivity contribution is 6.33. The molecule has 2 heterocycles. The van der Waals surface area contributed by atoms with Crippen LogP contribution in [0.5, 0.6) is 0 Å². The Kier molecular flexibility index (Phi) is 6.48. The van der Waals surface area contributed by atoms with Crippen molar-refractivity contribution >= 4 is 17.5 Å².